The molecule has 1 aliphatic rings. The molecule has 0 aliphatic carbocycles. The van der Waals surface area contributed by atoms with Crippen molar-refractivity contribution in [2.24, 2.45) is 5.92 Å². The molecule has 0 amide bonds. The van der Waals surface area contributed by atoms with Crippen LogP contribution in [-0.4, -0.2) is 40.3 Å². The number of carboxylic acids is 1. The number of piperidine rings is 1. The zero-order valence-electron chi connectivity index (χ0n) is 10.8. The highest BCUT2D eigenvalue weighted by Gasteiger charge is 2.42. The Morgan fingerprint density at radius 1 is 1.50 bits per heavy atom. The highest BCUT2D eigenvalue weighted by molar-refractivity contribution is 5.88. The predicted molar refractivity (Wildman–Crippen MR) is 64.7 cm³/mol. The van der Waals surface area contributed by atoms with Gasteiger partial charge < -0.3 is 10.0 Å². The minimum absolute atomic E-state index is 0.0434. The third kappa shape index (κ3) is 3.00. The van der Waals surface area contributed by atoms with E-state index < -0.39 is 18.1 Å². The summed E-state index contributed by atoms with van der Waals surface area (Å²) in [5, 5.41) is 8.87. The molecule has 5 nitrogen and oxygen atoms in total. The number of halogens is 3. The van der Waals surface area contributed by atoms with Gasteiger partial charge in [-0.1, -0.05) is 0 Å². The van der Waals surface area contributed by atoms with Gasteiger partial charge >= 0.3 is 12.1 Å². The van der Waals surface area contributed by atoms with Gasteiger partial charge in [0.25, 0.3) is 0 Å². The first-order chi connectivity index (χ1) is 9.29. The fraction of sp³-hybridized carbons (Fsp3) is 0.583. The van der Waals surface area contributed by atoms with Crippen molar-refractivity contribution < 1.29 is 23.1 Å². The lowest BCUT2D eigenvalue weighted by Crippen LogP contribution is -2.42. The van der Waals surface area contributed by atoms with Crippen molar-refractivity contribution in [2.75, 3.05) is 18.0 Å². The molecular weight excluding hydrogens is 275 g/mol. The van der Waals surface area contributed by atoms with Gasteiger partial charge in [-0.25, -0.2) is 14.8 Å². The largest absolute Gasteiger partial charge is 0.478 e. The summed E-state index contributed by atoms with van der Waals surface area (Å²) < 4.78 is 38.2. The molecule has 1 fully saturated rings. The average molecular weight is 289 g/mol. The number of aromatic nitrogens is 2. The molecule has 0 saturated carbocycles. The molecule has 2 heterocycles. The van der Waals surface area contributed by atoms with E-state index in [1.54, 1.807) is 0 Å². The number of anilines is 1. The molecule has 8 heteroatoms. The maximum atomic E-state index is 12.7. The van der Waals surface area contributed by atoms with Gasteiger partial charge in [0, 0.05) is 19.3 Å². The van der Waals surface area contributed by atoms with E-state index in [1.165, 1.54) is 11.8 Å². The Morgan fingerprint density at radius 3 is 2.75 bits per heavy atom. The van der Waals surface area contributed by atoms with E-state index in [4.69, 9.17) is 5.11 Å². The molecule has 1 atom stereocenters. The second kappa shape index (κ2) is 5.26. The first-order valence-corrected chi connectivity index (χ1v) is 6.17. The van der Waals surface area contributed by atoms with E-state index in [9.17, 15) is 18.0 Å². The molecule has 2 rings (SSSR count). The van der Waals surface area contributed by atoms with Gasteiger partial charge in [0.05, 0.1) is 17.2 Å². The van der Waals surface area contributed by atoms with Gasteiger partial charge in [-0.2, -0.15) is 13.2 Å². The van der Waals surface area contributed by atoms with Gasteiger partial charge in [0.2, 0.25) is 5.95 Å². The lowest BCUT2D eigenvalue weighted by atomic mass is 9.98. The molecule has 1 aromatic heterocycles. The van der Waals surface area contributed by atoms with Crippen LogP contribution in [-0.2, 0) is 0 Å². The number of alkyl halides is 3. The molecule has 0 spiro atoms. The van der Waals surface area contributed by atoms with Crippen molar-refractivity contribution in [3.63, 3.8) is 0 Å². The van der Waals surface area contributed by atoms with Gasteiger partial charge in [-0.05, 0) is 19.8 Å². The molecule has 20 heavy (non-hydrogen) atoms. The number of aromatic carboxylic acids is 1. The number of rotatable bonds is 2. The van der Waals surface area contributed by atoms with Crippen molar-refractivity contribution in [3.05, 3.63) is 17.5 Å². The number of hydrogen-bond donors (Lipinski definition) is 1. The Bertz CT molecular complexity index is 519. The third-order valence-electron chi connectivity index (χ3n) is 3.36. The van der Waals surface area contributed by atoms with Gasteiger partial charge in [-0.15, -0.1) is 0 Å². The van der Waals surface area contributed by atoms with E-state index in [1.807, 2.05) is 0 Å². The minimum atomic E-state index is -4.23. The number of carboxylic acid groups (broad SMARTS) is 1. The standard InChI is InChI=1S/C12H14F3N3O2/c1-7-9(10(19)20)5-16-11(17-7)18-4-2-3-8(6-18)12(13,14)15/h5,8H,2-4,6H2,1H3,(H,19,20). The molecule has 0 aromatic carbocycles. The van der Waals surface area contributed by atoms with Crippen LogP contribution in [0.3, 0.4) is 0 Å². The smallest absolute Gasteiger partial charge is 0.393 e. The van der Waals surface area contributed by atoms with Gasteiger partial charge in [0.1, 0.15) is 0 Å². The molecule has 1 aliphatic heterocycles. The fourth-order valence-electron chi connectivity index (χ4n) is 2.24. The highest BCUT2D eigenvalue weighted by Crippen LogP contribution is 2.34. The van der Waals surface area contributed by atoms with Gasteiger partial charge in [0.15, 0.2) is 0 Å². The van der Waals surface area contributed by atoms with Crippen LogP contribution in [0.15, 0.2) is 6.20 Å². The van der Waals surface area contributed by atoms with Crippen molar-refractivity contribution in [1.82, 2.24) is 9.97 Å². The Hall–Kier alpha value is -1.86. The van der Waals surface area contributed by atoms with Crippen LogP contribution in [0.25, 0.3) is 0 Å². The molecular formula is C12H14F3N3O2. The summed E-state index contributed by atoms with van der Waals surface area (Å²) in [6, 6.07) is 0. The maximum absolute atomic E-state index is 12.7. The second-order valence-electron chi connectivity index (χ2n) is 4.80. The number of carbonyl (C=O) groups is 1. The highest BCUT2D eigenvalue weighted by atomic mass is 19.4. The number of nitrogens with zero attached hydrogens (tertiary/aromatic N) is 3. The zero-order chi connectivity index (χ0) is 14.9. The summed E-state index contributed by atoms with van der Waals surface area (Å²) >= 11 is 0. The van der Waals surface area contributed by atoms with Crippen LogP contribution in [0, 0.1) is 12.8 Å². The zero-order valence-corrected chi connectivity index (χ0v) is 10.8. The van der Waals surface area contributed by atoms with E-state index in [0.717, 1.165) is 6.20 Å². The van der Waals surface area contributed by atoms with Crippen LogP contribution in [0.5, 0.6) is 0 Å². The SMILES string of the molecule is Cc1nc(N2CCCC(C(F)(F)F)C2)ncc1C(=O)O. The summed E-state index contributed by atoms with van der Waals surface area (Å²) in [7, 11) is 0. The minimum Gasteiger partial charge on any atom is -0.478 e. The van der Waals surface area contributed by atoms with E-state index in [-0.39, 0.29) is 30.2 Å². The Balaban J connectivity index is 2.19. The quantitative estimate of drug-likeness (QED) is 0.904. The summed E-state index contributed by atoms with van der Waals surface area (Å²) in [5.41, 5.74) is 0.203. The first kappa shape index (κ1) is 14.5. The summed E-state index contributed by atoms with van der Waals surface area (Å²) in [6.45, 7) is 1.76. The van der Waals surface area contributed by atoms with Crippen molar-refractivity contribution in [1.29, 1.82) is 0 Å². The topological polar surface area (TPSA) is 66.3 Å². The lowest BCUT2D eigenvalue weighted by Gasteiger charge is -2.33. The van der Waals surface area contributed by atoms with Crippen LogP contribution < -0.4 is 4.90 Å². The fourth-order valence-corrected chi connectivity index (χ4v) is 2.24. The number of hydrogen-bond acceptors (Lipinski definition) is 4. The molecule has 1 unspecified atom stereocenters. The molecule has 1 N–H and O–H groups in total. The van der Waals surface area contributed by atoms with Crippen LogP contribution in [0.1, 0.15) is 28.9 Å². The Morgan fingerprint density at radius 2 is 2.20 bits per heavy atom. The third-order valence-corrected chi connectivity index (χ3v) is 3.36. The van der Waals surface area contributed by atoms with Crippen LogP contribution in [0.4, 0.5) is 19.1 Å². The van der Waals surface area contributed by atoms with Crippen molar-refractivity contribution >= 4 is 11.9 Å². The van der Waals surface area contributed by atoms with E-state index in [2.05, 4.69) is 9.97 Å². The van der Waals surface area contributed by atoms with E-state index in [0.29, 0.717) is 13.0 Å². The van der Waals surface area contributed by atoms with E-state index >= 15 is 0 Å². The monoisotopic (exact) mass is 289 g/mol. The summed E-state index contributed by atoms with van der Waals surface area (Å²) in [4.78, 5) is 20.2. The Labute approximate surface area is 113 Å². The molecule has 1 aromatic rings. The normalized spacial score (nSPS) is 20.0. The van der Waals surface area contributed by atoms with Crippen LogP contribution in [0.2, 0.25) is 0 Å². The summed E-state index contributed by atoms with van der Waals surface area (Å²) in [5.74, 6) is -2.39. The van der Waals surface area contributed by atoms with Crippen molar-refractivity contribution in [2.45, 2.75) is 25.9 Å². The van der Waals surface area contributed by atoms with Crippen molar-refractivity contribution in [3.8, 4) is 0 Å². The molecule has 0 radical (unpaired) electrons. The molecule has 0 bridgehead atoms. The Kier molecular flexibility index (Phi) is 3.82. The lowest BCUT2D eigenvalue weighted by molar-refractivity contribution is -0.176. The predicted octanol–water partition coefficient (Wildman–Crippen LogP) is 2.26. The van der Waals surface area contributed by atoms with Crippen LogP contribution >= 0.6 is 0 Å². The molecule has 1 saturated heterocycles. The number of aryl methyl sites for hydroxylation is 1. The second-order valence-corrected chi connectivity index (χ2v) is 4.80. The average Bonchev–Trinajstić information content (AvgIpc) is 2.37. The maximum Gasteiger partial charge on any atom is 0.393 e. The van der Waals surface area contributed by atoms with Gasteiger partial charge in [-0.3, -0.25) is 0 Å². The first-order valence-electron chi connectivity index (χ1n) is 6.17. The molecule has 110 valence electrons. The summed E-state index contributed by atoms with van der Waals surface area (Å²) in [6.07, 6.45) is -2.58.